The Morgan fingerprint density at radius 3 is 2.65 bits per heavy atom. The molecule has 0 aliphatic heterocycles. The van der Waals surface area contributed by atoms with Gasteiger partial charge in [-0.1, -0.05) is 29.3 Å². The van der Waals surface area contributed by atoms with Crippen LogP contribution in [0.25, 0.3) is 0 Å². The van der Waals surface area contributed by atoms with Gasteiger partial charge < -0.3 is 0 Å². The molecule has 1 aromatic heterocycles. The van der Waals surface area contributed by atoms with Gasteiger partial charge in [0.05, 0.1) is 10.0 Å². The first-order valence-electron chi connectivity index (χ1n) is 5.23. The molecule has 17 heavy (non-hydrogen) atoms. The second-order valence-corrected chi connectivity index (χ2v) is 5.48. The summed E-state index contributed by atoms with van der Waals surface area (Å²) in [6, 6.07) is 11.7. The highest BCUT2D eigenvalue weighted by Crippen LogP contribution is 2.28. The predicted octanol–water partition coefficient (Wildman–Crippen LogP) is 4.72. The standard InChI is InChI=1S/C13H11Cl2NS/c14-12-5-4-11(9-13(12)15)17-8-6-10-3-1-2-7-16-10/h1-5,7,9H,6,8H2. The molecule has 4 heteroatoms. The number of nitrogens with zero attached hydrogens (tertiary/aromatic N) is 1. The highest BCUT2D eigenvalue weighted by atomic mass is 35.5. The third-order valence-corrected chi connectivity index (χ3v) is 3.98. The van der Waals surface area contributed by atoms with E-state index in [0.717, 1.165) is 22.8 Å². The zero-order valence-electron chi connectivity index (χ0n) is 9.07. The van der Waals surface area contributed by atoms with Crippen LogP contribution >= 0.6 is 35.0 Å². The maximum Gasteiger partial charge on any atom is 0.0603 e. The Bertz CT molecular complexity index is 488. The molecule has 0 N–H and O–H groups in total. The summed E-state index contributed by atoms with van der Waals surface area (Å²) in [7, 11) is 0. The van der Waals surface area contributed by atoms with E-state index in [-0.39, 0.29) is 0 Å². The third-order valence-electron chi connectivity index (χ3n) is 2.24. The smallest absolute Gasteiger partial charge is 0.0603 e. The summed E-state index contributed by atoms with van der Waals surface area (Å²) in [5.41, 5.74) is 1.11. The fraction of sp³-hybridized carbons (Fsp3) is 0.154. The van der Waals surface area contributed by atoms with Gasteiger partial charge in [0.25, 0.3) is 0 Å². The number of thioether (sulfide) groups is 1. The van der Waals surface area contributed by atoms with Crippen LogP contribution in [0.2, 0.25) is 10.0 Å². The molecule has 0 spiro atoms. The van der Waals surface area contributed by atoms with Crippen LogP contribution < -0.4 is 0 Å². The first-order chi connectivity index (χ1) is 8.25. The number of aryl methyl sites for hydroxylation is 1. The average molecular weight is 284 g/mol. The van der Waals surface area contributed by atoms with Gasteiger partial charge in [-0.05, 0) is 36.8 Å². The molecular weight excluding hydrogens is 273 g/mol. The summed E-state index contributed by atoms with van der Waals surface area (Å²) < 4.78 is 0. The van der Waals surface area contributed by atoms with E-state index in [4.69, 9.17) is 23.2 Å². The van der Waals surface area contributed by atoms with Crippen LogP contribution in [0.15, 0.2) is 47.5 Å². The van der Waals surface area contributed by atoms with Crippen molar-refractivity contribution < 1.29 is 0 Å². The van der Waals surface area contributed by atoms with Gasteiger partial charge in [0.15, 0.2) is 0 Å². The molecule has 0 fully saturated rings. The number of rotatable bonds is 4. The van der Waals surface area contributed by atoms with Crippen LogP contribution in [0.3, 0.4) is 0 Å². The van der Waals surface area contributed by atoms with Crippen molar-refractivity contribution in [2.24, 2.45) is 0 Å². The number of halogens is 2. The van der Waals surface area contributed by atoms with Gasteiger partial charge in [-0.25, -0.2) is 0 Å². The summed E-state index contributed by atoms with van der Waals surface area (Å²) >= 11 is 13.6. The third kappa shape index (κ3) is 3.91. The molecule has 0 amide bonds. The Hall–Kier alpha value is -0.700. The normalized spacial score (nSPS) is 10.5. The fourth-order valence-electron chi connectivity index (χ4n) is 1.39. The quantitative estimate of drug-likeness (QED) is 0.753. The lowest BCUT2D eigenvalue weighted by molar-refractivity contribution is 1.05. The van der Waals surface area contributed by atoms with E-state index in [1.165, 1.54) is 0 Å². The Balaban J connectivity index is 1.88. The highest BCUT2D eigenvalue weighted by Gasteiger charge is 2.00. The first-order valence-corrected chi connectivity index (χ1v) is 6.97. The molecule has 0 saturated heterocycles. The van der Waals surface area contributed by atoms with Gasteiger partial charge >= 0.3 is 0 Å². The summed E-state index contributed by atoms with van der Waals surface area (Å²) in [6.45, 7) is 0. The van der Waals surface area contributed by atoms with Crippen molar-refractivity contribution in [1.82, 2.24) is 4.98 Å². The van der Waals surface area contributed by atoms with Crippen molar-refractivity contribution in [1.29, 1.82) is 0 Å². The van der Waals surface area contributed by atoms with E-state index in [0.29, 0.717) is 10.0 Å². The Morgan fingerprint density at radius 1 is 1.06 bits per heavy atom. The number of pyridine rings is 1. The van der Waals surface area contributed by atoms with Crippen LogP contribution in [0.5, 0.6) is 0 Å². The minimum absolute atomic E-state index is 0.598. The Labute approximate surface area is 115 Å². The lowest BCUT2D eigenvalue weighted by Gasteiger charge is -2.03. The molecule has 0 unspecified atom stereocenters. The first kappa shape index (κ1) is 12.7. The second kappa shape index (κ2) is 6.29. The van der Waals surface area contributed by atoms with Crippen molar-refractivity contribution in [2.75, 3.05) is 5.75 Å². The molecule has 2 rings (SSSR count). The molecule has 0 radical (unpaired) electrons. The summed E-state index contributed by atoms with van der Waals surface area (Å²) in [4.78, 5) is 5.42. The van der Waals surface area contributed by atoms with E-state index in [9.17, 15) is 0 Å². The van der Waals surface area contributed by atoms with E-state index < -0.39 is 0 Å². The number of hydrogen-bond donors (Lipinski definition) is 0. The highest BCUT2D eigenvalue weighted by molar-refractivity contribution is 7.99. The zero-order chi connectivity index (χ0) is 12.1. The van der Waals surface area contributed by atoms with E-state index in [1.54, 1.807) is 11.8 Å². The second-order valence-electron chi connectivity index (χ2n) is 3.50. The minimum Gasteiger partial charge on any atom is -0.261 e. The van der Waals surface area contributed by atoms with Gasteiger partial charge in [0, 0.05) is 22.5 Å². The average Bonchev–Trinajstić information content (AvgIpc) is 2.35. The zero-order valence-corrected chi connectivity index (χ0v) is 11.4. The summed E-state index contributed by atoms with van der Waals surface area (Å²) in [5.74, 6) is 0.981. The van der Waals surface area contributed by atoms with Crippen molar-refractivity contribution in [3.05, 3.63) is 58.3 Å². The number of benzene rings is 1. The molecule has 1 heterocycles. The number of aromatic nitrogens is 1. The predicted molar refractivity (Wildman–Crippen MR) is 75.1 cm³/mol. The largest absolute Gasteiger partial charge is 0.261 e. The SMILES string of the molecule is Clc1ccc(SCCc2ccccn2)cc1Cl. The Kier molecular flexibility index (Phi) is 4.72. The van der Waals surface area contributed by atoms with Gasteiger partial charge in [0.1, 0.15) is 0 Å². The van der Waals surface area contributed by atoms with E-state index in [1.807, 2.05) is 42.6 Å². The molecule has 88 valence electrons. The molecule has 0 aliphatic carbocycles. The van der Waals surface area contributed by atoms with Gasteiger partial charge in [-0.2, -0.15) is 0 Å². The topological polar surface area (TPSA) is 12.9 Å². The minimum atomic E-state index is 0.598. The van der Waals surface area contributed by atoms with Crippen molar-refractivity contribution in [3.8, 4) is 0 Å². The molecule has 0 aliphatic rings. The van der Waals surface area contributed by atoms with Crippen molar-refractivity contribution in [3.63, 3.8) is 0 Å². The van der Waals surface area contributed by atoms with Gasteiger partial charge in [0.2, 0.25) is 0 Å². The molecule has 0 atom stereocenters. The van der Waals surface area contributed by atoms with Gasteiger partial charge in [-0.15, -0.1) is 11.8 Å². The number of hydrogen-bond acceptors (Lipinski definition) is 2. The summed E-state index contributed by atoms with van der Waals surface area (Å²) in [6.07, 6.45) is 2.77. The van der Waals surface area contributed by atoms with E-state index >= 15 is 0 Å². The molecular formula is C13H11Cl2NS. The lowest BCUT2D eigenvalue weighted by Crippen LogP contribution is -1.91. The molecule has 1 nitrogen and oxygen atoms in total. The maximum absolute atomic E-state index is 5.95. The van der Waals surface area contributed by atoms with Crippen LogP contribution in [-0.4, -0.2) is 10.7 Å². The van der Waals surface area contributed by atoms with Crippen LogP contribution in [0, 0.1) is 0 Å². The lowest BCUT2D eigenvalue weighted by atomic mass is 10.3. The molecule has 0 bridgehead atoms. The van der Waals surface area contributed by atoms with Gasteiger partial charge in [-0.3, -0.25) is 4.98 Å². The molecule has 1 aromatic carbocycles. The molecule has 0 saturated carbocycles. The van der Waals surface area contributed by atoms with Crippen LogP contribution in [0.4, 0.5) is 0 Å². The van der Waals surface area contributed by atoms with Crippen molar-refractivity contribution in [2.45, 2.75) is 11.3 Å². The monoisotopic (exact) mass is 283 g/mol. The summed E-state index contributed by atoms with van der Waals surface area (Å²) in [5, 5.41) is 1.20. The fourth-order valence-corrected chi connectivity index (χ4v) is 2.66. The molecule has 2 aromatic rings. The Morgan fingerprint density at radius 2 is 1.94 bits per heavy atom. The van der Waals surface area contributed by atoms with Crippen LogP contribution in [-0.2, 0) is 6.42 Å². The maximum atomic E-state index is 5.95. The van der Waals surface area contributed by atoms with Crippen LogP contribution in [0.1, 0.15) is 5.69 Å². The van der Waals surface area contributed by atoms with Crippen molar-refractivity contribution >= 4 is 35.0 Å². The van der Waals surface area contributed by atoms with E-state index in [2.05, 4.69) is 4.98 Å².